The Morgan fingerprint density at radius 2 is 2.03 bits per heavy atom. The summed E-state index contributed by atoms with van der Waals surface area (Å²) in [5.41, 5.74) is 1.23. The summed E-state index contributed by atoms with van der Waals surface area (Å²) >= 11 is 7.84. The van der Waals surface area contributed by atoms with E-state index in [1.807, 2.05) is 18.3 Å². The molecule has 3 rings (SSSR count). The zero-order chi connectivity index (χ0) is 20.5. The molecule has 158 valence electrons. The highest BCUT2D eigenvalue weighted by Crippen LogP contribution is 2.24. The first-order valence-electron chi connectivity index (χ1n) is 10.2. The zero-order valence-electron chi connectivity index (χ0n) is 17.2. The molecule has 1 aromatic carbocycles. The lowest BCUT2D eigenvalue weighted by molar-refractivity contribution is 0.0180. The van der Waals surface area contributed by atoms with Crippen LogP contribution in [0.25, 0.3) is 0 Å². The van der Waals surface area contributed by atoms with Crippen LogP contribution in [0.1, 0.15) is 28.4 Å². The van der Waals surface area contributed by atoms with Crippen molar-refractivity contribution in [3.8, 4) is 0 Å². The van der Waals surface area contributed by atoms with E-state index in [0.717, 1.165) is 61.8 Å². The largest absolute Gasteiger partial charge is 0.379 e. The van der Waals surface area contributed by atoms with E-state index in [1.165, 1.54) is 10.4 Å². The Kier molecular flexibility index (Phi) is 8.73. The molecule has 0 radical (unpaired) electrons. The maximum atomic E-state index is 6.09. The molecule has 8 heteroatoms. The molecule has 1 aromatic heterocycles. The van der Waals surface area contributed by atoms with Crippen molar-refractivity contribution in [3.63, 3.8) is 0 Å². The lowest BCUT2D eigenvalue weighted by atomic mass is 10.0. The van der Waals surface area contributed by atoms with Crippen molar-refractivity contribution in [1.29, 1.82) is 0 Å². The van der Waals surface area contributed by atoms with Crippen molar-refractivity contribution in [1.82, 2.24) is 20.5 Å². The van der Waals surface area contributed by atoms with Gasteiger partial charge in [-0.1, -0.05) is 23.7 Å². The van der Waals surface area contributed by atoms with Crippen molar-refractivity contribution < 1.29 is 4.74 Å². The molecule has 1 aliphatic rings. The summed E-state index contributed by atoms with van der Waals surface area (Å²) in [7, 11) is 0. The van der Waals surface area contributed by atoms with E-state index in [2.05, 4.69) is 46.5 Å². The van der Waals surface area contributed by atoms with Gasteiger partial charge in [-0.05, 0) is 31.5 Å². The average molecular weight is 436 g/mol. The van der Waals surface area contributed by atoms with Gasteiger partial charge in [-0.25, -0.2) is 4.98 Å². The Bertz CT molecular complexity index is 774. The molecule has 1 aliphatic heterocycles. The number of ether oxygens (including phenoxy) is 1. The smallest absolute Gasteiger partial charge is 0.191 e. The predicted octanol–water partition coefficient (Wildman–Crippen LogP) is 3.28. The normalized spacial score (nSPS) is 16.6. The third-order valence-electron chi connectivity index (χ3n) is 4.81. The number of benzene rings is 1. The lowest BCUT2D eigenvalue weighted by Gasteiger charge is -2.34. The SMILES string of the molecule is CCNC(=NCC(c1ccc(Cl)cc1)N1CCOCC1)NCCc1ncc(C)s1. The van der Waals surface area contributed by atoms with Crippen molar-refractivity contribution in [2.24, 2.45) is 4.99 Å². The van der Waals surface area contributed by atoms with E-state index in [-0.39, 0.29) is 6.04 Å². The quantitative estimate of drug-likeness (QED) is 0.492. The molecule has 0 aliphatic carbocycles. The second-order valence-corrected chi connectivity index (χ2v) is 8.73. The minimum Gasteiger partial charge on any atom is -0.379 e. The number of halogens is 1. The van der Waals surface area contributed by atoms with Crippen molar-refractivity contribution in [3.05, 3.63) is 50.9 Å². The highest BCUT2D eigenvalue weighted by Gasteiger charge is 2.22. The van der Waals surface area contributed by atoms with E-state index < -0.39 is 0 Å². The average Bonchev–Trinajstić information content (AvgIpc) is 3.15. The van der Waals surface area contributed by atoms with Crippen LogP contribution in [0.15, 0.2) is 35.5 Å². The molecule has 29 heavy (non-hydrogen) atoms. The van der Waals surface area contributed by atoms with E-state index in [4.69, 9.17) is 21.3 Å². The molecule has 0 bridgehead atoms. The minimum atomic E-state index is 0.202. The molecule has 1 atom stereocenters. The van der Waals surface area contributed by atoms with Gasteiger partial charge in [-0.3, -0.25) is 9.89 Å². The summed E-state index contributed by atoms with van der Waals surface area (Å²) in [6.07, 6.45) is 2.82. The molecule has 6 nitrogen and oxygen atoms in total. The molecule has 1 fully saturated rings. The number of hydrogen-bond donors (Lipinski definition) is 2. The Hall–Kier alpha value is -1.67. The fraction of sp³-hybridized carbons (Fsp3) is 0.524. The minimum absolute atomic E-state index is 0.202. The van der Waals surface area contributed by atoms with Crippen LogP contribution in [0.5, 0.6) is 0 Å². The molecule has 1 unspecified atom stereocenters. The Labute approximate surface area is 182 Å². The number of rotatable bonds is 8. The Balaban J connectivity index is 1.65. The number of aromatic nitrogens is 1. The Morgan fingerprint density at radius 3 is 2.69 bits per heavy atom. The highest BCUT2D eigenvalue weighted by molar-refractivity contribution is 7.11. The number of aliphatic imine (C=N–C) groups is 1. The van der Waals surface area contributed by atoms with Crippen LogP contribution in [0.3, 0.4) is 0 Å². The Morgan fingerprint density at radius 1 is 1.28 bits per heavy atom. The van der Waals surface area contributed by atoms with Crippen molar-refractivity contribution in [2.75, 3.05) is 45.9 Å². The third-order valence-corrected chi connectivity index (χ3v) is 6.03. The summed E-state index contributed by atoms with van der Waals surface area (Å²) < 4.78 is 5.54. The maximum absolute atomic E-state index is 6.09. The standard InChI is InChI=1S/C21H30ClN5OS/c1-3-23-21(24-9-8-20-25-14-16(2)29-20)26-15-19(27-10-12-28-13-11-27)17-4-6-18(22)7-5-17/h4-7,14,19H,3,8-13,15H2,1-2H3,(H2,23,24,26). The third kappa shape index (κ3) is 6.96. The van der Waals surface area contributed by atoms with Crippen LogP contribution in [-0.4, -0.2) is 61.8 Å². The van der Waals surface area contributed by atoms with Gasteiger partial charge in [0.2, 0.25) is 0 Å². The van der Waals surface area contributed by atoms with Crippen molar-refractivity contribution in [2.45, 2.75) is 26.3 Å². The van der Waals surface area contributed by atoms with Crippen LogP contribution in [0, 0.1) is 6.92 Å². The monoisotopic (exact) mass is 435 g/mol. The van der Waals surface area contributed by atoms with Crippen LogP contribution < -0.4 is 10.6 Å². The molecule has 1 saturated heterocycles. The highest BCUT2D eigenvalue weighted by atomic mass is 35.5. The van der Waals surface area contributed by atoms with Crippen molar-refractivity contribution >= 4 is 28.9 Å². The number of morpholine rings is 1. The van der Waals surface area contributed by atoms with Gasteiger partial charge in [0, 0.05) is 48.7 Å². The van der Waals surface area contributed by atoms with Gasteiger partial charge in [0.1, 0.15) is 0 Å². The number of hydrogen-bond acceptors (Lipinski definition) is 5. The first kappa shape index (κ1) is 22.0. The van der Waals surface area contributed by atoms with Gasteiger partial charge in [0.15, 0.2) is 5.96 Å². The fourth-order valence-electron chi connectivity index (χ4n) is 3.33. The van der Waals surface area contributed by atoms with Crippen LogP contribution in [0.4, 0.5) is 0 Å². The molecular weight excluding hydrogens is 406 g/mol. The number of guanidine groups is 1. The summed E-state index contributed by atoms with van der Waals surface area (Å²) in [5, 5.41) is 8.70. The van der Waals surface area contributed by atoms with E-state index in [0.29, 0.717) is 6.54 Å². The zero-order valence-corrected chi connectivity index (χ0v) is 18.7. The lowest BCUT2D eigenvalue weighted by Crippen LogP contribution is -2.42. The first-order chi connectivity index (χ1) is 14.2. The van der Waals surface area contributed by atoms with Crippen LogP contribution in [-0.2, 0) is 11.2 Å². The van der Waals surface area contributed by atoms with Gasteiger partial charge in [-0.15, -0.1) is 11.3 Å². The second-order valence-electron chi connectivity index (χ2n) is 6.98. The first-order valence-corrected chi connectivity index (χ1v) is 11.4. The molecule has 0 spiro atoms. The van der Waals surface area contributed by atoms with E-state index in [9.17, 15) is 0 Å². The maximum Gasteiger partial charge on any atom is 0.191 e. The summed E-state index contributed by atoms with van der Waals surface area (Å²) in [5.74, 6) is 0.841. The van der Waals surface area contributed by atoms with Gasteiger partial charge in [0.05, 0.1) is 30.8 Å². The number of nitrogens with one attached hydrogen (secondary N) is 2. The molecule has 0 amide bonds. The fourth-order valence-corrected chi connectivity index (χ4v) is 4.24. The van der Waals surface area contributed by atoms with Crippen LogP contribution >= 0.6 is 22.9 Å². The molecule has 0 saturated carbocycles. The van der Waals surface area contributed by atoms with Gasteiger partial charge in [0.25, 0.3) is 0 Å². The van der Waals surface area contributed by atoms with Gasteiger partial charge < -0.3 is 15.4 Å². The predicted molar refractivity (Wildman–Crippen MR) is 121 cm³/mol. The summed E-state index contributed by atoms with van der Waals surface area (Å²) in [6.45, 7) is 9.83. The number of thiazole rings is 1. The van der Waals surface area contributed by atoms with Gasteiger partial charge in [-0.2, -0.15) is 0 Å². The van der Waals surface area contributed by atoms with E-state index >= 15 is 0 Å². The molecular formula is C21H30ClN5OS. The summed E-state index contributed by atoms with van der Waals surface area (Å²) in [4.78, 5) is 13.0. The van der Waals surface area contributed by atoms with E-state index in [1.54, 1.807) is 11.3 Å². The topological polar surface area (TPSA) is 61.8 Å². The summed E-state index contributed by atoms with van der Waals surface area (Å²) in [6, 6.07) is 8.31. The van der Waals surface area contributed by atoms with Crippen LogP contribution in [0.2, 0.25) is 5.02 Å². The van der Waals surface area contributed by atoms with Gasteiger partial charge >= 0.3 is 0 Å². The second kappa shape index (κ2) is 11.5. The molecule has 2 N–H and O–H groups in total. The number of aryl methyl sites for hydroxylation is 1. The molecule has 2 heterocycles. The number of nitrogens with zero attached hydrogens (tertiary/aromatic N) is 3. The molecule has 2 aromatic rings.